The number of halogens is 1. The minimum Gasteiger partial charge on any atom is -0.497 e. The van der Waals surface area contributed by atoms with Crippen LogP contribution in [0.1, 0.15) is 17.7 Å². The van der Waals surface area contributed by atoms with E-state index < -0.39 is 22.7 Å². The third kappa shape index (κ3) is 6.22. The highest BCUT2D eigenvalue weighted by atomic mass is 35.5. The van der Waals surface area contributed by atoms with Crippen LogP contribution in [0.4, 0.5) is 10.5 Å². The Hall–Kier alpha value is -2.75. The van der Waals surface area contributed by atoms with Gasteiger partial charge in [-0.05, 0) is 48.4 Å². The van der Waals surface area contributed by atoms with E-state index in [9.17, 15) is 14.4 Å². The van der Waals surface area contributed by atoms with Gasteiger partial charge in [0.2, 0.25) is 0 Å². The second-order valence-corrected chi connectivity index (χ2v) is 8.99. The summed E-state index contributed by atoms with van der Waals surface area (Å²) in [5, 5.41) is -1.05. The van der Waals surface area contributed by atoms with Crippen molar-refractivity contribution in [1.29, 1.82) is 0 Å². The zero-order valence-electron chi connectivity index (χ0n) is 19.2. The first kappa shape index (κ1) is 25.9. The lowest BCUT2D eigenvalue weighted by molar-refractivity contribution is -0.152. The molecular weight excluding hydrogens is 480 g/mol. The van der Waals surface area contributed by atoms with Crippen LogP contribution in [0.3, 0.4) is 0 Å². The van der Waals surface area contributed by atoms with Crippen molar-refractivity contribution in [2.45, 2.75) is 23.2 Å². The fourth-order valence-electron chi connectivity index (χ4n) is 3.50. The summed E-state index contributed by atoms with van der Waals surface area (Å²) in [6.07, 6.45) is -0.979. The summed E-state index contributed by atoms with van der Waals surface area (Å²) in [5.41, 5.74) is 1.55. The largest absolute Gasteiger partial charge is 0.497 e. The van der Waals surface area contributed by atoms with Crippen LogP contribution in [0, 0.1) is 0 Å². The van der Waals surface area contributed by atoms with Gasteiger partial charge in [0.1, 0.15) is 12.4 Å². The van der Waals surface area contributed by atoms with Gasteiger partial charge in [-0.3, -0.25) is 9.59 Å². The normalized spacial score (nSPS) is 17.5. The van der Waals surface area contributed by atoms with E-state index in [0.717, 1.165) is 10.5 Å². The van der Waals surface area contributed by atoms with Crippen LogP contribution in [-0.2, 0) is 19.1 Å². The van der Waals surface area contributed by atoms with Crippen LogP contribution in [-0.4, -0.2) is 68.7 Å². The van der Waals surface area contributed by atoms with E-state index in [1.54, 1.807) is 26.0 Å². The van der Waals surface area contributed by atoms with Crippen LogP contribution in [0.25, 0.3) is 0 Å². The summed E-state index contributed by atoms with van der Waals surface area (Å²) in [6, 6.07) is 14.9. The Bertz CT molecular complexity index is 1020. The molecule has 8 nitrogen and oxygen atoms in total. The zero-order chi connectivity index (χ0) is 24.7. The minimum absolute atomic E-state index is 0.208. The van der Waals surface area contributed by atoms with Crippen molar-refractivity contribution in [3.63, 3.8) is 0 Å². The van der Waals surface area contributed by atoms with Gasteiger partial charge in [-0.1, -0.05) is 24.3 Å². The summed E-state index contributed by atoms with van der Waals surface area (Å²) in [7, 11) is 3.15. The predicted molar refractivity (Wildman–Crippen MR) is 131 cm³/mol. The van der Waals surface area contributed by atoms with Crippen LogP contribution in [0.15, 0.2) is 53.4 Å². The molecule has 1 aliphatic rings. The number of likely N-dealkylation sites (N-methyl/N-ethyl adjacent to an activating group) is 1. The van der Waals surface area contributed by atoms with Crippen molar-refractivity contribution in [2.75, 3.05) is 45.4 Å². The highest BCUT2D eigenvalue weighted by molar-refractivity contribution is 7.99. The second kappa shape index (κ2) is 12.1. The Morgan fingerprint density at radius 2 is 1.85 bits per heavy atom. The molecule has 0 bridgehead atoms. The molecule has 3 rings (SSSR count). The number of carbonyl (C=O) groups excluding carboxylic acids is 3. The van der Waals surface area contributed by atoms with Gasteiger partial charge in [0, 0.05) is 25.0 Å². The summed E-state index contributed by atoms with van der Waals surface area (Å²) < 4.78 is 16.2. The number of para-hydroxylation sites is 1. The lowest BCUT2D eigenvalue weighted by Crippen LogP contribution is -2.45. The number of fused-ring (bicyclic) bond motifs is 1. The van der Waals surface area contributed by atoms with Gasteiger partial charge >= 0.3 is 11.3 Å². The van der Waals surface area contributed by atoms with Crippen LogP contribution < -0.4 is 9.64 Å². The maximum absolute atomic E-state index is 13.8. The Balaban J connectivity index is 1.99. The molecule has 10 heteroatoms. The zero-order valence-corrected chi connectivity index (χ0v) is 20.8. The second-order valence-electron chi connectivity index (χ2n) is 7.48. The van der Waals surface area contributed by atoms with Gasteiger partial charge in [0.05, 0.1) is 24.7 Å². The maximum Gasteiger partial charge on any atom is 0.332 e. The molecule has 2 amide bonds. The number of rotatable bonds is 9. The first-order valence-electron chi connectivity index (χ1n) is 10.7. The van der Waals surface area contributed by atoms with Crippen molar-refractivity contribution in [1.82, 2.24) is 4.90 Å². The van der Waals surface area contributed by atoms with Gasteiger partial charge in [0.15, 0.2) is 6.10 Å². The molecule has 0 saturated carbocycles. The van der Waals surface area contributed by atoms with Gasteiger partial charge in [-0.2, -0.15) is 0 Å². The molecule has 0 N–H and O–H groups in total. The van der Waals surface area contributed by atoms with E-state index >= 15 is 0 Å². The summed E-state index contributed by atoms with van der Waals surface area (Å²) >= 11 is 7.06. The third-order valence-corrected chi connectivity index (χ3v) is 6.94. The van der Waals surface area contributed by atoms with Crippen LogP contribution in [0.2, 0.25) is 0 Å². The van der Waals surface area contributed by atoms with Crippen LogP contribution >= 0.6 is 23.4 Å². The Morgan fingerprint density at radius 1 is 1.15 bits per heavy atom. The van der Waals surface area contributed by atoms with Crippen molar-refractivity contribution in [3.05, 3.63) is 54.1 Å². The Kier molecular flexibility index (Phi) is 9.20. The SMILES string of the molecule is CCOC(=O)COC1C(=O)N(CCN(C)C(=O)Cl)c2ccccc2SC1c1ccc(OC)cc1. The molecule has 182 valence electrons. The topological polar surface area (TPSA) is 85.4 Å². The van der Waals surface area contributed by atoms with E-state index in [1.165, 1.54) is 16.7 Å². The number of benzene rings is 2. The molecule has 2 atom stereocenters. The Labute approximate surface area is 208 Å². The highest BCUT2D eigenvalue weighted by Gasteiger charge is 2.39. The first-order valence-corrected chi connectivity index (χ1v) is 12.0. The lowest BCUT2D eigenvalue weighted by Gasteiger charge is -2.29. The summed E-state index contributed by atoms with van der Waals surface area (Å²) in [4.78, 5) is 41.2. The summed E-state index contributed by atoms with van der Waals surface area (Å²) in [6.45, 7) is 2.00. The first-order chi connectivity index (χ1) is 16.3. The van der Waals surface area contributed by atoms with Crippen LogP contribution in [0.5, 0.6) is 5.75 Å². The molecule has 0 aromatic heterocycles. The molecule has 1 heterocycles. The number of anilines is 1. The molecule has 0 radical (unpaired) electrons. The quantitative estimate of drug-likeness (QED) is 0.287. The monoisotopic (exact) mass is 506 g/mol. The molecule has 0 aliphatic carbocycles. The minimum atomic E-state index is -0.979. The molecule has 0 fully saturated rings. The molecule has 1 aliphatic heterocycles. The van der Waals surface area contributed by atoms with Crippen molar-refractivity contribution in [3.8, 4) is 5.75 Å². The average Bonchev–Trinajstić information content (AvgIpc) is 2.95. The molecule has 2 unspecified atom stereocenters. The van der Waals surface area contributed by atoms with Gasteiger partial charge in [-0.15, -0.1) is 11.8 Å². The summed E-state index contributed by atoms with van der Waals surface area (Å²) in [5.74, 6) is -0.180. The van der Waals surface area contributed by atoms with E-state index in [0.29, 0.717) is 11.4 Å². The molecule has 0 spiro atoms. The third-order valence-electron chi connectivity index (χ3n) is 5.28. The number of amides is 2. The molecular formula is C24H27ClN2O6S. The average molecular weight is 507 g/mol. The number of hydrogen-bond donors (Lipinski definition) is 0. The number of esters is 1. The van der Waals surface area contributed by atoms with E-state index in [1.807, 2.05) is 48.5 Å². The molecule has 2 aromatic rings. The van der Waals surface area contributed by atoms with Crippen molar-refractivity contribution in [2.24, 2.45) is 0 Å². The van der Waals surface area contributed by atoms with E-state index in [-0.39, 0.29) is 32.2 Å². The van der Waals surface area contributed by atoms with E-state index in [4.69, 9.17) is 25.8 Å². The van der Waals surface area contributed by atoms with E-state index in [2.05, 4.69) is 0 Å². The highest BCUT2D eigenvalue weighted by Crippen LogP contribution is 2.46. The van der Waals surface area contributed by atoms with Gasteiger partial charge < -0.3 is 24.0 Å². The molecule has 34 heavy (non-hydrogen) atoms. The lowest BCUT2D eigenvalue weighted by atomic mass is 10.1. The predicted octanol–water partition coefficient (Wildman–Crippen LogP) is 4.11. The van der Waals surface area contributed by atoms with Crippen molar-refractivity contribution >= 4 is 46.3 Å². The number of thioether (sulfide) groups is 1. The smallest absolute Gasteiger partial charge is 0.332 e. The maximum atomic E-state index is 13.8. The fourth-order valence-corrected chi connectivity index (χ4v) is 4.93. The number of methoxy groups -OCH3 is 1. The molecule has 2 aromatic carbocycles. The number of carbonyl (C=O) groups is 3. The standard InChI is InChI=1S/C24H27ClN2O6S/c1-4-32-20(28)15-33-21-22(16-9-11-17(31-3)12-10-16)34-19-8-6-5-7-18(19)27(23(21)29)14-13-26(2)24(25)30/h5-12,21-22H,4,13-15H2,1-3H3. The number of nitrogens with zero attached hydrogens (tertiary/aromatic N) is 2. The molecule has 0 saturated heterocycles. The van der Waals surface area contributed by atoms with Gasteiger partial charge in [0.25, 0.3) is 5.91 Å². The number of ether oxygens (including phenoxy) is 3. The van der Waals surface area contributed by atoms with Gasteiger partial charge in [-0.25, -0.2) is 4.79 Å². The van der Waals surface area contributed by atoms with Crippen molar-refractivity contribution < 1.29 is 28.6 Å². The number of hydrogen-bond acceptors (Lipinski definition) is 7. The Morgan fingerprint density at radius 3 is 2.50 bits per heavy atom. The fraction of sp³-hybridized carbons (Fsp3) is 0.375.